The summed E-state index contributed by atoms with van der Waals surface area (Å²) in [6.45, 7) is 3.95. The van der Waals surface area contributed by atoms with E-state index in [0.29, 0.717) is 27.4 Å². The van der Waals surface area contributed by atoms with Crippen LogP contribution in [0.25, 0.3) is 0 Å². The van der Waals surface area contributed by atoms with E-state index in [1.54, 1.807) is 36.4 Å². The smallest absolute Gasteiger partial charge is 0.288 e. The molecule has 1 atom stereocenters. The molecule has 0 aliphatic rings. The van der Waals surface area contributed by atoms with Crippen LogP contribution in [0.1, 0.15) is 25.3 Å². The summed E-state index contributed by atoms with van der Waals surface area (Å²) >= 11 is 6.38. The van der Waals surface area contributed by atoms with Crippen LogP contribution in [0.4, 0.5) is 14.5 Å². The molecule has 0 aromatic heterocycles. The zero-order valence-electron chi connectivity index (χ0n) is 13.3. The van der Waals surface area contributed by atoms with Crippen LogP contribution < -0.4 is 5.32 Å². The van der Waals surface area contributed by atoms with E-state index in [4.69, 9.17) is 11.6 Å². The Hall–Kier alpha value is -1.59. The summed E-state index contributed by atoms with van der Waals surface area (Å²) in [5.74, 6) is -2.82. The number of benzene rings is 2. The lowest BCUT2D eigenvalue weighted by molar-refractivity contribution is -0.118. The van der Waals surface area contributed by atoms with Gasteiger partial charge in [-0.3, -0.25) is 4.79 Å². The molecular formula is C18H18ClF2NOS. The number of carbonyl (C=O) groups excluding carboxylic acids is 1. The monoisotopic (exact) mass is 369 g/mol. The molecule has 24 heavy (non-hydrogen) atoms. The number of halogens is 3. The largest absolute Gasteiger partial charge is 0.326 e. The molecule has 0 radical (unpaired) electrons. The van der Waals surface area contributed by atoms with Crippen LogP contribution in [0.5, 0.6) is 0 Å². The van der Waals surface area contributed by atoms with Crippen molar-refractivity contribution >= 4 is 35.0 Å². The molecule has 2 aromatic carbocycles. The SMILES string of the molecule is CC(C)[C@@H](C(=O)Nc1ccc(SC(F)F)cc1)c1ccc(Cl)cc1. The molecule has 0 aliphatic carbocycles. The molecule has 0 aliphatic heterocycles. The Morgan fingerprint density at radius 1 is 1.04 bits per heavy atom. The Morgan fingerprint density at radius 3 is 2.12 bits per heavy atom. The number of anilines is 1. The first kappa shape index (κ1) is 18.7. The minimum absolute atomic E-state index is 0.0971. The van der Waals surface area contributed by atoms with Crippen molar-refractivity contribution in [3.8, 4) is 0 Å². The van der Waals surface area contributed by atoms with Crippen molar-refractivity contribution in [2.24, 2.45) is 5.92 Å². The molecule has 2 nitrogen and oxygen atoms in total. The van der Waals surface area contributed by atoms with Gasteiger partial charge in [0, 0.05) is 15.6 Å². The van der Waals surface area contributed by atoms with Crippen molar-refractivity contribution < 1.29 is 13.6 Å². The van der Waals surface area contributed by atoms with Crippen molar-refractivity contribution in [3.05, 3.63) is 59.1 Å². The third-order valence-corrected chi connectivity index (χ3v) is 4.50. The summed E-state index contributed by atoms with van der Waals surface area (Å²) < 4.78 is 24.7. The van der Waals surface area contributed by atoms with Gasteiger partial charge in [-0.15, -0.1) is 0 Å². The van der Waals surface area contributed by atoms with Gasteiger partial charge in [0.25, 0.3) is 5.76 Å². The Kier molecular flexibility index (Phi) is 6.63. The minimum atomic E-state index is -2.46. The highest BCUT2D eigenvalue weighted by Crippen LogP contribution is 2.29. The van der Waals surface area contributed by atoms with Crippen LogP contribution in [0.2, 0.25) is 5.02 Å². The van der Waals surface area contributed by atoms with Gasteiger partial charge in [-0.25, -0.2) is 0 Å². The molecule has 2 aromatic rings. The number of nitrogens with one attached hydrogen (secondary N) is 1. The van der Waals surface area contributed by atoms with Gasteiger partial charge in [0.15, 0.2) is 0 Å². The van der Waals surface area contributed by atoms with E-state index in [2.05, 4.69) is 5.32 Å². The van der Waals surface area contributed by atoms with Gasteiger partial charge in [0.05, 0.1) is 5.92 Å². The van der Waals surface area contributed by atoms with Gasteiger partial charge in [0.2, 0.25) is 5.91 Å². The Morgan fingerprint density at radius 2 is 1.62 bits per heavy atom. The van der Waals surface area contributed by atoms with Gasteiger partial charge in [-0.05, 0) is 47.9 Å². The predicted molar refractivity (Wildman–Crippen MR) is 96.0 cm³/mol. The van der Waals surface area contributed by atoms with Crippen molar-refractivity contribution in [2.45, 2.75) is 30.4 Å². The third-order valence-electron chi connectivity index (χ3n) is 3.53. The van der Waals surface area contributed by atoms with Gasteiger partial charge in [-0.1, -0.05) is 49.3 Å². The summed E-state index contributed by atoms with van der Waals surface area (Å²) in [4.78, 5) is 13.1. The van der Waals surface area contributed by atoms with Gasteiger partial charge in [-0.2, -0.15) is 8.78 Å². The highest BCUT2D eigenvalue weighted by atomic mass is 35.5. The topological polar surface area (TPSA) is 29.1 Å². The second kappa shape index (κ2) is 8.49. The number of thioether (sulfide) groups is 1. The molecule has 0 unspecified atom stereocenters. The number of hydrogen-bond acceptors (Lipinski definition) is 2. The maximum Gasteiger partial charge on any atom is 0.288 e. The molecule has 6 heteroatoms. The average Bonchev–Trinajstić information content (AvgIpc) is 2.50. The normalized spacial score (nSPS) is 12.5. The lowest BCUT2D eigenvalue weighted by Gasteiger charge is -2.21. The van der Waals surface area contributed by atoms with Crippen LogP contribution in [-0.4, -0.2) is 11.7 Å². The molecule has 1 amide bonds. The summed E-state index contributed by atoms with van der Waals surface area (Å²) in [7, 11) is 0. The fourth-order valence-corrected chi connectivity index (χ4v) is 3.07. The number of rotatable bonds is 6. The number of hydrogen-bond donors (Lipinski definition) is 1. The molecule has 0 heterocycles. The second-order valence-corrected chi connectivity index (χ2v) is 7.17. The minimum Gasteiger partial charge on any atom is -0.326 e. The lowest BCUT2D eigenvalue weighted by atomic mass is 9.87. The van der Waals surface area contributed by atoms with Crippen LogP contribution in [0.15, 0.2) is 53.4 Å². The molecule has 0 bridgehead atoms. The molecule has 128 valence electrons. The fraction of sp³-hybridized carbons (Fsp3) is 0.278. The van der Waals surface area contributed by atoms with E-state index in [0.717, 1.165) is 5.56 Å². The van der Waals surface area contributed by atoms with Crippen molar-refractivity contribution in [3.63, 3.8) is 0 Å². The summed E-state index contributed by atoms with van der Waals surface area (Å²) in [5.41, 5.74) is 1.47. The molecule has 1 N–H and O–H groups in total. The third kappa shape index (κ3) is 5.21. The Bertz CT molecular complexity index is 674. The van der Waals surface area contributed by atoms with Crippen LogP contribution in [0.3, 0.4) is 0 Å². The highest BCUT2D eigenvalue weighted by Gasteiger charge is 2.24. The van der Waals surface area contributed by atoms with Gasteiger partial charge >= 0.3 is 0 Å². The first-order valence-electron chi connectivity index (χ1n) is 7.48. The Labute approximate surface area is 149 Å². The molecular weight excluding hydrogens is 352 g/mol. The fourth-order valence-electron chi connectivity index (χ4n) is 2.45. The first-order valence-corrected chi connectivity index (χ1v) is 8.74. The van der Waals surface area contributed by atoms with Crippen LogP contribution in [0, 0.1) is 5.92 Å². The maximum atomic E-state index is 12.6. The molecule has 0 saturated carbocycles. The van der Waals surface area contributed by atoms with E-state index in [9.17, 15) is 13.6 Å². The molecule has 2 rings (SSSR count). The van der Waals surface area contributed by atoms with Crippen molar-refractivity contribution in [1.29, 1.82) is 0 Å². The summed E-state index contributed by atoms with van der Waals surface area (Å²) in [6.07, 6.45) is 0. The molecule has 0 fully saturated rings. The lowest BCUT2D eigenvalue weighted by Crippen LogP contribution is -2.25. The van der Waals surface area contributed by atoms with E-state index in [1.165, 1.54) is 0 Å². The number of alkyl halides is 2. The molecule has 0 saturated heterocycles. The second-order valence-electron chi connectivity index (χ2n) is 5.67. The van der Waals surface area contributed by atoms with E-state index >= 15 is 0 Å². The molecule has 0 spiro atoms. The van der Waals surface area contributed by atoms with E-state index in [-0.39, 0.29) is 17.7 Å². The van der Waals surface area contributed by atoms with E-state index < -0.39 is 5.76 Å². The maximum absolute atomic E-state index is 12.6. The van der Waals surface area contributed by atoms with Crippen molar-refractivity contribution in [1.82, 2.24) is 0 Å². The van der Waals surface area contributed by atoms with Gasteiger partial charge in [0.1, 0.15) is 0 Å². The summed E-state index contributed by atoms with van der Waals surface area (Å²) in [6, 6.07) is 13.6. The number of carbonyl (C=O) groups is 1. The zero-order chi connectivity index (χ0) is 17.7. The van der Waals surface area contributed by atoms with E-state index in [1.807, 2.05) is 26.0 Å². The average molecular weight is 370 g/mol. The van der Waals surface area contributed by atoms with Crippen molar-refractivity contribution in [2.75, 3.05) is 5.32 Å². The zero-order valence-corrected chi connectivity index (χ0v) is 14.9. The predicted octanol–water partition coefficient (Wildman–Crippen LogP) is 6.03. The summed E-state index contributed by atoms with van der Waals surface area (Å²) in [5, 5.41) is 3.47. The Balaban J connectivity index is 2.12. The number of amides is 1. The van der Waals surface area contributed by atoms with Crippen LogP contribution in [-0.2, 0) is 4.79 Å². The first-order chi connectivity index (χ1) is 11.4. The van der Waals surface area contributed by atoms with Crippen LogP contribution >= 0.6 is 23.4 Å². The van der Waals surface area contributed by atoms with Gasteiger partial charge < -0.3 is 5.32 Å². The highest BCUT2D eigenvalue weighted by molar-refractivity contribution is 7.99. The standard InChI is InChI=1S/C18H18ClF2NOS/c1-11(2)16(12-3-5-13(19)6-4-12)17(23)22-14-7-9-15(10-8-14)24-18(20)21/h3-11,16,18H,1-2H3,(H,22,23)/t16-/m1/s1. The quantitative estimate of drug-likeness (QED) is 0.629.